The van der Waals surface area contributed by atoms with Crippen LogP contribution in [0.4, 0.5) is 0 Å². The van der Waals surface area contributed by atoms with Gasteiger partial charge in [-0.3, -0.25) is 9.59 Å². The van der Waals surface area contributed by atoms with Gasteiger partial charge in [0, 0.05) is 32.5 Å². The van der Waals surface area contributed by atoms with Crippen molar-refractivity contribution in [3.63, 3.8) is 0 Å². The maximum atomic E-state index is 13.8. The van der Waals surface area contributed by atoms with Crippen molar-refractivity contribution in [1.82, 2.24) is 9.88 Å². The van der Waals surface area contributed by atoms with Crippen molar-refractivity contribution in [1.29, 1.82) is 0 Å². The lowest BCUT2D eigenvalue weighted by molar-refractivity contribution is -0.111. The molecule has 1 amide bonds. The van der Waals surface area contributed by atoms with Crippen LogP contribution in [0.5, 0.6) is 5.75 Å². The van der Waals surface area contributed by atoms with E-state index >= 15 is 0 Å². The number of benzene rings is 2. The van der Waals surface area contributed by atoms with Gasteiger partial charge in [-0.25, -0.2) is 0 Å². The lowest BCUT2D eigenvalue weighted by atomic mass is 9.85. The van der Waals surface area contributed by atoms with Crippen molar-refractivity contribution in [2.75, 3.05) is 14.2 Å². The number of aryl methyl sites for hydroxylation is 1. The van der Waals surface area contributed by atoms with Crippen LogP contribution in [-0.4, -0.2) is 36.1 Å². The Bertz CT molecular complexity index is 1280. The van der Waals surface area contributed by atoms with Gasteiger partial charge in [0.2, 0.25) is 5.43 Å². The van der Waals surface area contributed by atoms with Gasteiger partial charge in [-0.15, -0.1) is 0 Å². The molecule has 0 bridgehead atoms. The second-order valence-electron chi connectivity index (χ2n) is 10.4. The van der Waals surface area contributed by atoms with E-state index in [4.69, 9.17) is 14.2 Å². The quantitative estimate of drug-likeness (QED) is 0.363. The van der Waals surface area contributed by atoms with Crippen LogP contribution in [0.15, 0.2) is 65.6 Å². The minimum absolute atomic E-state index is 0.0301. The fraction of sp³-hybridized carbons (Fsp3) is 0.400. The molecule has 1 aromatic heterocycles. The summed E-state index contributed by atoms with van der Waals surface area (Å²) < 4.78 is 18.4. The number of carbonyl (C=O) groups excluding carboxylic acids is 1. The fourth-order valence-electron chi connectivity index (χ4n) is 4.06. The highest BCUT2D eigenvalue weighted by Crippen LogP contribution is 2.32. The molecule has 0 aliphatic rings. The summed E-state index contributed by atoms with van der Waals surface area (Å²) in [6, 6.07) is 17.2. The number of hydrogen-bond donors (Lipinski definition) is 2. The molecule has 0 spiro atoms. The van der Waals surface area contributed by atoms with Gasteiger partial charge >= 0.3 is 0 Å². The summed E-state index contributed by atoms with van der Waals surface area (Å²) in [5, 5.41) is 14.0. The third-order valence-electron chi connectivity index (χ3n) is 6.23. The maximum Gasteiger partial charge on any atom is 0.272 e. The first-order valence-electron chi connectivity index (χ1n) is 12.6. The minimum atomic E-state index is -1.10. The molecule has 2 aromatic carbocycles. The van der Waals surface area contributed by atoms with Crippen LogP contribution in [0.2, 0.25) is 0 Å². The molecular weight excluding hydrogens is 484 g/mol. The summed E-state index contributed by atoms with van der Waals surface area (Å²) >= 11 is 0. The molecule has 38 heavy (non-hydrogen) atoms. The largest absolute Gasteiger partial charge is 0.483 e. The molecule has 8 heteroatoms. The van der Waals surface area contributed by atoms with Crippen molar-refractivity contribution in [3.8, 4) is 5.75 Å². The second kappa shape index (κ2) is 12.9. The van der Waals surface area contributed by atoms with Crippen molar-refractivity contribution in [2.45, 2.75) is 59.8 Å². The number of aliphatic hydroxyl groups excluding tert-OH is 1. The highest BCUT2D eigenvalue weighted by molar-refractivity contribution is 5.95. The van der Waals surface area contributed by atoms with Gasteiger partial charge in [-0.05, 0) is 23.5 Å². The molecular formula is C30H38N2O6. The fourth-order valence-corrected chi connectivity index (χ4v) is 4.06. The zero-order chi connectivity index (χ0) is 27.9. The molecule has 1 heterocycles. The van der Waals surface area contributed by atoms with E-state index in [9.17, 15) is 14.7 Å². The first kappa shape index (κ1) is 29.1. The first-order valence-corrected chi connectivity index (χ1v) is 12.6. The van der Waals surface area contributed by atoms with Gasteiger partial charge in [0.05, 0.1) is 12.6 Å². The SMILES string of the molecule is COC(Cn1cc(C(O)C(C)(C)C)c(=O)c(OCc2ccccc2)c1C(=O)NCc1cccc(C)c1)OC. The molecule has 0 aliphatic heterocycles. The van der Waals surface area contributed by atoms with Gasteiger partial charge < -0.3 is 29.2 Å². The van der Waals surface area contributed by atoms with Gasteiger partial charge in [0.15, 0.2) is 17.7 Å². The Labute approximate surface area is 224 Å². The Hall–Kier alpha value is -3.46. The second-order valence-corrected chi connectivity index (χ2v) is 10.4. The molecule has 204 valence electrons. The van der Waals surface area contributed by atoms with E-state index in [1.54, 1.807) is 4.57 Å². The van der Waals surface area contributed by atoms with Crippen LogP contribution < -0.4 is 15.5 Å². The highest BCUT2D eigenvalue weighted by atomic mass is 16.7. The lowest BCUT2D eigenvalue weighted by Crippen LogP contribution is -2.35. The summed E-state index contributed by atoms with van der Waals surface area (Å²) in [6.07, 6.45) is -0.309. The molecule has 0 aliphatic carbocycles. The monoisotopic (exact) mass is 522 g/mol. The number of carbonyl (C=O) groups is 1. The molecule has 2 N–H and O–H groups in total. The number of hydrogen-bond acceptors (Lipinski definition) is 6. The molecule has 1 atom stereocenters. The molecule has 0 fully saturated rings. The van der Waals surface area contributed by atoms with Crippen LogP contribution in [0, 0.1) is 12.3 Å². The predicted molar refractivity (Wildman–Crippen MR) is 146 cm³/mol. The van der Waals surface area contributed by atoms with Crippen LogP contribution in [-0.2, 0) is 29.2 Å². The van der Waals surface area contributed by atoms with Crippen LogP contribution in [0.25, 0.3) is 0 Å². The number of methoxy groups -OCH3 is 2. The van der Waals surface area contributed by atoms with E-state index in [0.717, 1.165) is 16.7 Å². The number of amides is 1. The average molecular weight is 523 g/mol. The minimum Gasteiger partial charge on any atom is -0.483 e. The van der Waals surface area contributed by atoms with Gasteiger partial charge in [-0.2, -0.15) is 0 Å². The number of nitrogens with one attached hydrogen (secondary N) is 1. The summed E-state index contributed by atoms with van der Waals surface area (Å²) in [6.45, 7) is 7.91. The summed E-state index contributed by atoms with van der Waals surface area (Å²) in [5.74, 6) is -0.628. The topological polar surface area (TPSA) is 99.0 Å². The Balaban J connectivity index is 2.13. The van der Waals surface area contributed by atoms with Crippen molar-refractivity contribution in [3.05, 3.63) is 99.0 Å². The number of nitrogens with zero attached hydrogens (tertiary/aromatic N) is 1. The Kier molecular flexibility index (Phi) is 9.85. The molecule has 8 nitrogen and oxygen atoms in total. The number of pyridine rings is 1. The highest BCUT2D eigenvalue weighted by Gasteiger charge is 2.31. The summed E-state index contributed by atoms with van der Waals surface area (Å²) in [5.41, 5.74) is 1.81. The molecule has 3 aromatic rings. The molecule has 0 saturated carbocycles. The third kappa shape index (κ3) is 7.31. The molecule has 0 saturated heterocycles. The van der Waals surface area contributed by atoms with Crippen molar-refractivity contribution < 1.29 is 24.1 Å². The van der Waals surface area contributed by atoms with Gasteiger partial charge in [-0.1, -0.05) is 80.9 Å². The summed E-state index contributed by atoms with van der Waals surface area (Å²) in [7, 11) is 2.98. The van der Waals surface area contributed by atoms with E-state index in [1.807, 2.05) is 82.3 Å². The predicted octanol–water partition coefficient (Wildman–Crippen LogP) is 4.36. The molecule has 0 radical (unpaired) electrons. The lowest BCUT2D eigenvalue weighted by Gasteiger charge is -2.28. The zero-order valence-electron chi connectivity index (χ0n) is 23.0. The normalized spacial score (nSPS) is 12.4. The van der Waals surface area contributed by atoms with E-state index in [1.165, 1.54) is 20.4 Å². The summed E-state index contributed by atoms with van der Waals surface area (Å²) in [4.78, 5) is 27.4. The van der Waals surface area contributed by atoms with E-state index in [2.05, 4.69) is 5.32 Å². The van der Waals surface area contributed by atoms with E-state index in [0.29, 0.717) is 0 Å². The maximum absolute atomic E-state index is 13.8. The van der Waals surface area contributed by atoms with Gasteiger partial charge in [0.25, 0.3) is 5.91 Å². The molecule has 1 unspecified atom stereocenters. The average Bonchev–Trinajstić information content (AvgIpc) is 2.89. The van der Waals surface area contributed by atoms with Crippen LogP contribution in [0.1, 0.15) is 59.6 Å². The third-order valence-corrected chi connectivity index (χ3v) is 6.23. The van der Waals surface area contributed by atoms with Crippen molar-refractivity contribution in [2.24, 2.45) is 5.41 Å². The van der Waals surface area contributed by atoms with E-state index < -0.39 is 29.1 Å². The number of rotatable bonds is 11. The smallest absolute Gasteiger partial charge is 0.272 e. The zero-order valence-corrected chi connectivity index (χ0v) is 23.0. The number of aromatic nitrogens is 1. The Morgan fingerprint density at radius 1 is 1.03 bits per heavy atom. The number of ether oxygens (including phenoxy) is 3. The van der Waals surface area contributed by atoms with Crippen LogP contribution >= 0.6 is 0 Å². The van der Waals surface area contributed by atoms with E-state index in [-0.39, 0.29) is 36.7 Å². The van der Waals surface area contributed by atoms with Crippen molar-refractivity contribution >= 4 is 5.91 Å². The van der Waals surface area contributed by atoms with Crippen LogP contribution in [0.3, 0.4) is 0 Å². The number of aliphatic hydroxyl groups is 1. The molecule has 3 rings (SSSR count). The Morgan fingerprint density at radius 2 is 1.68 bits per heavy atom. The van der Waals surface area contributed by atoms with Gasteiger partial charge in [0.1, 0.15) is 6.61 Å². The standard InChI is InChI=1S/C30H38N2O6/c1-20-11-10-14-22(15-20)16-31-29(35)25-27(38-19-21-12-8-7-9-13-21)26(33)23(28(34)30(2,3)4)17-32(25)18-24(36-5)37-6/h7-15,17,24,28,34H,16,18-19H2,1-6H3,(H,31,35). The first-order chi connectivity index (χ1) is 18.0. The Morgan fingerprint density at radius 3 is 2.29 bits per heavy atom.